The van der Waals surface area contributed by atoms with E-state index >= 15 is 0 Å². The molecule has 9 heterocycles. The summed E-state index contributed by atoms with van der Waals surface area (Å²) in [5, 5.41) is 22.4. The molecule has 0 saturated carbocycles. The van der Waals surface area contributed by atoms with Gasteiger partial charge in [0.05, 0.1) is 67.2 Å². The normalized spacial score (nSPS) is 15.9. The van der Waals surface area contributed by atoms with Crippen LogP contribution in [0.25, 0.3) is 44.8 Å². The number of pyridine rings is 1. The Morgan fingerprint density at radius 1 is 0.459 bits per heavy atom. The van der Waals surface area contributed by atoms with Gasteiger partial charge >= 0.3 is 12.1 Å². The van der Waals surface area contributed by atoms with Crippen molar-refractivity contribution in [3.63, 3.8) is 0 Å². The van der Waals surface area contributed by atoms with E-state index < -0.39 is 0 Å². The second-order valence-corrected chi connectivity index (χ2v) is 21.1. The highest BCUT2D eigenvalue weighted by Gasteiger charge is 2.31. The molecule has 13 rings (SSSR count). The molecule has 0 spiro atoms. The van der Waals surface area contributed by atoms with Crippen molar-refractivity contribution in [2.75, 3.05) is 112 Å². The number of benzene rings is 4. The third-order valence-corrected chi connectivity index (χ3v) is 15.7. The zero-order valence-corrected chi connectivity index (χ0v) is 47.1. The summed E-state index contributed by atoms with van der Waals surface area (Å²) < 4.78 is 15.2. The van der Waals surface area contributed by atoms with Gasteiger partial charge in [0.25, 0.3) is 11.8 Å². The van der Waals surface area contributed by atoms with Crippen molar-refractivity contribution in [3.8, 4) is 22.8 Å². The fourth-order valence-corrected chi connectivity index (χ4v) is 11.1. The molecule has 23 heteroatoms. The number of likely N-dealkylation sites (tertiary alicyclic amines) is 2. The van der Waals surface area contributed by atoms with Crippen LogP contribution in [0.1, 0.15) is 58.5 Å². The number of rotatable bonds is 11. The molecule has 0 atom stereocenters. The van der Waals surface area contributed by atoms with Crippen molar-refractivity contribution in [2.45, 2.75) is 37.8 Å². The number of amides is 6. The number of ether oxygens (including phenoxy) is 2. The van der Waals surface area contributed by atoms with Gasteiger partial charge in [-0.1, -0.05) is 36.4 Å². The topological polar surface area (TPSA) is 248 Å². The van der Waals surface area contributed by atoms with E-state index in [9.17, 15) is 19.2 Å². The summed E-state index contributed by atoms with van der Waals surface area (Å²) in [5.41, 5.74) is 6.58. The molecule has 4 aromatic carbocycles. The summed E-state index contributed by atoms with van der Waals surface area (Å²) in [5.74, 6) is 2.92. The number of para-hydroxylation sites is 1. The number of fused-ring (bicyclic) bond motifs is 2. The maximum atomic E-state index is 13.0. The molecule has 0 unspecified atom stereocenters. The number of morpholine rings is 2. The van der Waals surface area contributed by atoms with Crippen LogP contribution in [-0.4, -0.2) is 164 Å². The summed E-state index contributed by atoms with van der Waals surface area (Å²) in [4.78, 5) is 82.5. The molecule has 4 fully saturated rings. The summed E-state index contributed by atoms with van der Waals surface area (Å²) in [7, 11) is 1.58. The van der Waals surface area contributed by atoms with E-state index in [0.717, 1.165) is 102 Å². The molecule has 0 radical (unpaired) electrons. The lowest BCUT2D eigenvalue weighted by Crippen LogP contribution is -2.39. The Labute approximate surface area is 490 Å². The molecule has 85 heavy (non-hydrogen) atoms. The van der Waals surface area contributed by atoms with E-state index in [4.69, 9.17) is 39.6 Å². The molecule has 4 aliphatic heterocycles. The lowest BCUT2D eigenvalue weighted by Gasteiger charge is -2.32. The van der Waals surface area contributed by atoms with Crippen LogP contribution >= 0.6 is 0 Å². The Morgan fingerprint density at radius 2 is 0.882 bits per heavy atom. The number of carbonyl (C=O) groups excluding carboxylic acids is 4. The Balaban J connectivity index is 0.000000168. The molecule has 6 amide bonds. The first-order valence-corrected chi connectivity index (χ1v) is 28.7. The van der Waals surface area contributed by atoms with Crippen molar-refractivity contribution in [1.29, 1.82) is 0 Å². The smallest absolute Gasteiger partial charge is 0.323 e. The maximum Gasteiger partial charge on any atom is 0.323 e. The lowest BCUT2D eigenvalue weighted by atomic mass is 10.0. The SMILES string of the molecule is CNC(=O)Nc1ccc(-c2nc(N3CCOCC3)c3cnn(C4CCN(C(=O)c5ccccc5)CC4)c3n2)cc1.O=C(Nc1ccccc1)Nc1ccc(-c2nc(N3CCOCC3)c3cnn(C4CCN(C(=O)c5cccnc5)CC4)c3n2)cc1. The Morgan fingerprint density at radius 3 is 1.33 bits per heavy atom. The van der Waals surface area contributed by atoms with Crippen LogP contribution in [-0.2, 0) is 9.47 Å². The molecule has 5 aromatic heterocycles. The van der Waals surface area contributed by atoms with Crippen molar-refractivity contribution in [3.05, 3.63) is 157 Å². The molecular formula is C62H65N17O6. The first kappa shape index (κ1) is 55.7. The fourth-order valence-electron chi connectivity index (χ4n) is 11.1. The third-order valence-electron chi connectivity index (χ3n) is 15.7. The molecule has 4 aliphatic rings. The number of hydrogen-bond donors (Lipinski definition) is 4. The summed E-state index contributed by atoms with van der Waals surface area (Å²) in [6.07, 6.45) is 10.1. The quantitative estimate of drug-likeness (QED) is 0.0949. The summed E-state index contributed by atoms with van der Waals surface area (Å²) in [6.45, 7) is 8.05. The number of carbonyl (C=O) groups is 4. The summed E-state index contributed by atoms with van der Waals surface area (Å²) in [6, 6.07) is 36.9. The minimum atomic E-state index is -0.321. The van der Waals surface area contributed by atoms with Crippen LogP contribution in [0.15, 0.2) is 146 Å². The van der Waals surface area contributed by atoms with Crippen molar-refractivity contribution < 1.29 is 28.7 Å². The minimum absolute atomic E-state index is 0.00146. The van der Waals surface area contributed by atoms with Crippen molar-refractivity contribution >= 4 is 74.6 Å². The first-order valence-electron chi connectivity index (χ1n) is 28.7. The zero-order valence-electron chi connectivity index (χ0n) is 47.1. The Kier molecular flexibility index (Phi) is 16.8. The van der Waals surface area contributed by atoms with Crippen molar-refractivity contribution in [2.24, 2.45) is 0 Å². The number of aromatic nitrogens is 9. The lowest BCUT2D eigenvalue weighted by molar-refractivity contribution is 0.0684. The minimum Gasteiger partial charge on any atom is -0.378 e. The molecule has 434 valence electrons. The van der Waals surface area contributed by atoms with E-state index in [1.807, 2.05) is 141 Å². The Hall–Kier alpha value is -9.87. The van der Waals surface area contributed by atoms with E-state index in [1.54, 1.807) is 31.6 Å². The number of anilines is 5. The number of piperidine rings is 2. The van der Waals surface area contributed by atoms with Crippen LogP contribution in [0.5, 0.6) is 0 Å². The molecule has 23 nitrogen and oxygen atoms in total. The van der Waals surface area contributed by atoms with E-state index in [0.29, 0.717) is 86.9 Å². The molecule has 9 aromatic rings. The van der Waals surface area contributed by atoms with Gasteiger partial charge in [0.1, 0.15) is 11.6 Å². The monoisotopic (exact) mass is 1140 g/mol. The molecule has 0 aliphatic carbocycles. The maximum absolute atomic E-state index is 13.0. The van der Waals surface area contributed by atoms with Crippen LogP contribution in [0.2, 0.25) is 0 Å². The highest BCUT2D eigenvalue weighted by Crippen LogP contribution is 2.35. The standard InChI is InChI=1S/C33H33N9O3.C29H32N8O3/c43-32(24-5-4-14-34-21-24)41-15-12-27(13-16-41)42-31-28(22-35-42)30(40-17-19-45-20-18-40)38-29(39-31)23-8-10-26(11-9-23)37-33(44)36-25-6-2-1-3-7-25;1-30-29(39)32-22-9-7-20(8-10-22)25-33-26(35-15-17-40-18-16-35)24-19-31-37(27(24)34-25)23-11-13-36(14-12-23)28(38)21-5-3-2-4-6-21/h1-11,14,21-22,27H,12-13,15-20H2,(H2,36,37,44);2-10,19,23H,11-18H2,1H3,(H2,30,32,39). The van der Waals surface area contributed by atoms with Gasteiger partial charge in [0, 0.05) is 106 Å². The van der Waals surface area contributed by atoms with Gasteiger partial charge in [0.15, 0.2) is 22.9 Å². The largest absolute Gasteiger partial charge is 0.378 e. The number of nitrogens with zero attached hydrogens (tertiary/aromatic N) is 13. The second-order valence-electron chi connectivity index (χ2n) is 21.1. The van der Waals surface area contributed by atoms with E-state index in [2.05, 4.69) is 36.1 Å². The van der Waals surface area contributed by atoms with Gasteiger partial charge < -0.3 is 50.3 Å². The Bertz CT molecular complexity index is 3770. The van der Waals surface area contributed by atoms with Gasteiger partial charge in [0.2, 0.25) is 0 Å². The highest BCUT2D eigenvalue weighted by molar-refractivity contribution is 6.00. The zero-order chi connectivity index (χ0) is 58.1. The average Bonchev–Trinajstić information content (AvgIpc) is 3.25. The van der Waals surface area contributed by atoms with Gasteiger partial charge in [-0.05, 0) is 111 Å². The molecular weight excluding hydrogens is 1080 g/mol. The molecule has 4 saturated heterocycles. The highest BCUT2D eigenvalue weighted by atomic mass is 16.5. The first-order chi connectivity index (χ1) is 41.7. The number of nitrogens with one attached hydrogen (secondary N) is 4. The fraction of sp³-hybridized carbons (Fsp3) is 0.306. The second kappa shape index (κ2) is 25.7. The average molecular weight is 1140 g/mol. The van der Waals surface area contributed by atoms with Crippen LogP contribution in [0.4, 0.5) is 38.3 Å². The van der Waals surface area contributed by atoms with Crippen molar-refractivity contribution in [1.82, 2.24) is 59.6 Å². The number of urea groups is 2. The molecule has 0 bridgehead atoms. The number of hydrogen-bond acceptors (Lipinski definition) is 15. The van der Waals surface area contributed by atoms with E-state index in [1.165, 1.54) is 0 Å². The van der Waals surface area contributed by atoms with Crippen LogP contribution < -0.4 is 31.1 Å². The van der Waals surface area contributed by atoms with Gasteiger partial charge in [-0.2, -0.15) is 10.2 Å². The van der Waals surface area contributed by atoms with Crippen LogP contribution in [0, 0.1) is 0 Å². The van der Waals surface area contributed by atoms with Gasteiger partial charge in [-0.15, -0.1) is 0 Å². The predicted molar refractivity (Wildman–Crippen MR) is 324 cm³/mol. The predicted octanol–water partition coefficient (Wildman–Crippen LogP) is 8.40. The van der Waals surface area contributed by atoms with E-state index in [-0.39, 0.29) is 36.0 Å². The van der Waals surface area contributed by atoms with Crippen LogP contribution in [0.3, 0.4) is 0 Å². The molecule has 4 N–H and O–H groups in total. The van der Waals surface area contributed by atoms with Gasteiger partial charge in [-0.3, -0.25) is 14.6 Å². The van der Waals surface area contributed by atoms with Gasteiger partial charge in [-0.25, -0.2) is 38.9 Å². The third kappa shape index (κ3) is 12.7. The summed E-state index contributed by atoms with van der Waals surface area (Å²) >= 11 is 0.